The third-order valence-electron chi connectivity index (χ3n) is 4.66. The van der Waals surface area contributed by atoms with Gasteiger partial charge in [-0.05, 0) is 29.3 Å². The van der Waals surface area contributed by atoms with Crippen molar-refractivity contribution < 1.29 is 20.1 Å². The van der Waals surface area contributed by atoms with E-state index in [2.05, 4.69) is 9.97 Å². The minimum atomic E-state index is -1.61. The van der Waals surface area contributed by atoms with Crippen molar-refractivity contribution in [3.8, 4) is 11.1 Å². The summed E-state index contributed by atoms with van der Waals surface area (Å²) < 4.78 is 7.36. The number of hydrogen-bond donors (Lipinski definition) is 4. The topological polar surface area (TPSA) is 127 Å². The maximum Gasteiger partial charge on any atom is 0.167 e. The van der Waals surface area contributed by atoms with Crippen LogP contribution in [0.5, 0.6) is 0 Å². The molecule has 9 heteroatoms. The molecule has 1 saturated heterocycles. The fraction of sp³-hybridized carbons (Fsp3) is 0.375. The molecule has 0 amide bonds. The minimum absolute atomic E-state index is 0.321. The number of aliphatic hydroxyl groups is 3. The van der Waals surface area contributed by atoms with Gasteiger partial charge in [0.2, 0.25) is 0 Å². The van der Waals surface area contributed by atoms with Crippen LogP contribution in [-0.2, 0) is 4.74 Å². The summed E-state index contributed by atoms with van der Waals surface area (Å²) >= 11 is 1.55. The van der Waals surface area contributed by atoms with E-state index >= 15 is 0 Å². The molecule has 4 atom stereocenters. The molecule has 1 aliphatic heterocycles. The van der Waals surface area contributed by atoms with Crippen LogP contribution in [0.4, 0.5) is 5.82 Å². The van der Waals surface area contributed by atoms with E-state index in [1.165, 1.54) is 13.3 Å². The van der Waals surface area contributed by atoms with Gasteiger partial charge >= 0.3 is 0 Å². The fourth-order valence-corrected chi connectivity index (χ4v) is 3.97. The quantitative estimate of drug-likeness (QED) is 0.541. The molecule has 132 valence electrons. The monoisotopic (exact) mass is 362 g/mol. The number of anilines is 1. The summed E-state index contributed by atoms with van der Waals surface area (Å²) in [5, 5.41) is 35.0. The van der Waals surface area contributed by atoms with Crippen molar-refractivity contribution in [1.29, 1.82) is 0 Å². The lowest BCUT2D eigenvalue weighted by Crippen LogP contribution is -2.44. The number of nitrogens with two attached hydrogens (primary N) is 1. The molecule has 0 radical (unpaired) electrons. The van der Waals surface area contributed by atoms with Gasteiger partial charge in [-0.15, -0.1) is 0 Å². The highest BCUT2D eigenvalue weighted by Crippen LogP contribution is 2.42. The molecule has 4 heterocycles. The van der Waals surface area contributed by atoms with Gasteiger partial charge in [0, 0.05) is 11.8 Å². The van der Waals surface area contributed by atoms with Crippen molar-refractivity contribution >= 4 is 28.2 Å². The predicted molar refractivity (Wildman–Crippen MR) is 92.9 cm³/mol. The summed E-state index contributed by atoms with van der Waals surface area (Å²) in [5.74, 6) is 0.321. The van der Waals surface area contributed by atoms with Gasteiger partial charge in [0.15, 0.2) is 6.23 Å². The van der Waals surface area contributed by atoms with Gasteiger partial charge in [-0.25, -0.2) is 9.97 Å². The van der Waals surface area contributed by atoms with Crippen LogP contribution in [0.1, 0.15) is 13.2 Å². The van der Waals surface area contributed by atoms with E-state index in [9.17, 15) is 15.3 Å². The average molecular weight is 362 g/mol. The van der Waals surface area contributed by atoms with Crippen molar-refractivity contribution in [2.24, 2.45) is 0 Å². The van der Waals surface area contributed by atoms with E-state index in [1.54, 1.807) is 22.1 Å². The number of hydrogen-bond acceptors (Lipinski definition) is 8. The van der Waals surface area contributed by atoms with Gasteiger partial charge in [0.25, 0.3) is 0 Å². The Morgan fingerprint density at radius 3 is 2.88 bits per heavy atom. The first-order valence-electron chi connectivity index (χ1n) is 7.75. The normalized spacial score (nSPS) is 29.5. The number of nitrogen functional groups attached to an aromatic ring is 1. The Kier molecular flexibility index (Phi) is 3.78. The number of aliphatic hydroxyl groups excluding tert-OH is 2. The van der Waals surface area contributed by atoms with E-state index in [4.69, 9.17) is 10.5 Å². The lowest BCUT2D eigenvalue weighted by molar-refractivity contribution is -0.0948. The summed E-state index contributed by atoms with van der Waals surface area (Å²) in [6, 6.07) is 1.95. The molecule has 3 aromatic heterocycles. The lowest BCUT2D eigenvalue weighted by atomic mass is 9.96. The molecule has 2 unspecified atom stereocenters. The molecular formula is C16H18N4O4S. The van der Waals surface area contributed by atoms with Crippen LogP contribution in [0, 0.1) is 0 Å². The van der Waals surface area contributed by atoms with E-state index in [1.807, 2.05) is 16.8 Å². The van der Waals surface area contributed by atoms with Gasteiger partial charge in [-0.1, -0.05) is 0 Å². The van der Waals surface area contributed by atoms with E-state index in [-0.39, 0.29) is 0 Å². The molecule has 0 saturated carbocycles. The SMILES string of the molecule is CC1(O)C(O)[C@@H](CO)O[C@H]1n1cc(-c2ccsc2)c2c(N)ncnc21. The Hall–Kier alpha value is -2.04. The molecule has 1 fully saturated rings. The van der Waals surface area contributed by atoms with Crippen molar-refractivity contribution in [3.63, 3.8) is 0 Å². The molecule has 0 spiro atoms. The highest BCUT2D eigenvalue weighted by Gasteiger charge is 2.53. The van der Waals surface area contributed by atoms with Gasteiger partial charge in [0.05, 0.1) is 12.0 Å². The first kappa shape index (κ1) is 16.4. The van der Waals surface area contributed by atoms with Crippen molar-refractivity contribution in [2.45, 2.75) is 31.0 Å². The van der Waals surface area contributed by atoms with Crippen LogP contribution in [0.2, 0.25) is 0 Å². The summed E-state index contributed by atoms with van der Waals surface area (Å²) in [6.07, 6.45) is 0.0762. The number of ether oxygens (including phenoxy) is 1. The van der Waals surface area contributed by atoms with Gasteiger partial charge in [-0.2, -0.15) is 11.3 Å². The third-order valence-corrected chi connectivity index (χ3v) is 5.34. The van der Waals surface area contributed by atoms with E-state index in [0.29, 0.717) is 16.9 Å². The van der Waals surface area contributed by atoms with Crippen LogP contribution in [-0.4, -0.2) is 54.3 Å². The Labute approximate surface area is 147 Å². The number of thiophene rings is 1. The third kappa shape index (κ3) is 2.35. The maximum absolute atomic E-state index is 10.8. The highest BCUT2D eigenvalue weighted by molar-refractivity contribution is 7.08. The second-order valence-electron chi connectivity index (χ2n) is 6.30. The van der Waals surface area contributed by atoms with Crippen LogP contribution >= 0.6 is 11.3 Å². The number of fused-ring (bicyclic) bond motifs is 1. The molecular weight excluding hydrogens is 344 g/mol. The molecule has 4 rings (SSSR count). The minimum Gasteiger partial charge on any atom is -0.394 e. The first-order valence-corrected chi connectivity index (χ1v) is 8.69. The van der Waals surface area contributed by atoms with Gasteiger partial charge in [0.1, 0.15) is 35.6 Å². The molecule has 8 nitrogen and oxygen atoms in total. The van der Waals surface area contributed by atoms with E-state index in [0.717, 1.165) is 11.1 Å². The fourth-order valence-electron chi connectivity index (χ4n) is 3.31. The highest BCUT2D eigenvalue weighted by atomic mass is 32.1. The van der Waals surface area contributed by atoms with Crippen LogP contribution in [0.25, 0.3) is 22.2 Å². The predicted octanol–water partition coefficient (Wildman–Crippen LogP) is 0.744. The molecule has 0 aliphatic carbocycles. The summed E-state index contributed by atoms with van der Waals surface area (Å²) in [4.78, 5) is 8.36. The maximum atomic E-state index is 10.8. The second-order valence-corrected chi connectivity index (χ2v) is 7.08. The first-order chi connectivity index (χ1) is 11.9. The molecule has 3 aromatic rings. The van der Waals surface area contributed by atoms with Crippen LogP contribution in [0.3, 0.4) is 0 Å². The Balaban J connectivity index is 1.93. The van der Waals surface area contributed by atoms with Crippen molar-refractivity contribution in [2.75, 3.05) is 12.3 Å². The van der Waals surface area contributed by atoms with Gasteiger partial charge < -0.3 is 30.4 Å². The summed E-state index contributed by atoms with van der Waals surface area (Å²) in [6.45, 7) is 1.07. The van der Waals surface area contributed by atoms with Crippen molar-refractivity contribution in [3.05, 3.63) is 29.4 Å². The standard InChI is InChI=1S/C16H18N4O4S/c1-16(23)12(22)10(5-21)24-15(16)20-4-9(8-2-3-25-6-8)11-13(17)18-7-19-14(11)20/h2-4,6-7,10,12,15,21-23H,5H2,1H3,(H2,17,18,19)/t10-,12?,15-,16?/m1/s1. The summed E-state index contributed by atoms with van der Waals surface area (Å²) in [5.41, 5.74) is 6.72. The lowest BCUT2D eigenvalue weighted by Gasteiger charge is -2.27. The molecule has 1 aliphatic rings. The number of rotatable bonds is 3. The zero-order valence-electron chi connectivity index (χ0n) is 13.4. The Morgan fingerprint density at radius 2 is 2.24 bits per heavy atom. The molecule has 25 heavy (non-hydrogen) atoms. The number of nitrogens with zero attached hydrogens (tertiary/aromatic N) is 3. The Morgan fingerprint density at radius 1 is 1.44 bits per heavy atom. The zero-order chi connectivity index (χ0) is 17.8. The van der Waals surface area contributed by atoms with Gasteiger partial charge in [-0.3, -0.25) is 0 Å². The average Bonchev–Trinajstić information content (AvgIpc) is 3.27. The number of aromatic nitrogens is 3. The largest absolute Gasteiger partial charge is 0.394 e. The molecule has 0 aromatic carbocycles. The van der Waals surface area contributed by atoms with Crippen molar-refractivity contribution in [1.82, 2.24) is 14.5 Å². The molecule has 0 bridgehead atoms. The zero-order valence-corrected chi connectivity index (χ0v) is 14.2. The summed E-state index contributed by atoms with van der Waals surface area (Å²) in [7, 11) is 0. The van der Waals surface area contributed by atoms with Crippen LogP contribution in [0.15, 0.2) is 29.4 Å². The van der Waals surface area contributed by atoms with Crippen LogP contribution < -0.4 is 5.73 Å². The Bertz CT molecular complexity index is 908. The molecule has 5 N–H and O–H groups in total. The van der Waals surface area contributed by atoms with E-state index < -0.39 is 30.6 Å². The second kappa shape index (κ2) is 5.75. The smallest absolute Gasteiger partial charge is 0.167 e.